The average Bonchev–Trinajstić information content (AvgIpc) is 2.61. The first-order chi connectivity index (χ1) is 12.7. The van der Waals surface area contributed by atoms with E-state index in [-0.39, 0.29) is 23.3 Å². The molecule has 0 bridgehead atoms. The van der Waals surface area contributed by atoms with Gasteiger partial charge in [0.15, 0.2) is 21.3 Å². The number of nitrogens with one attached hydrogen (secondary N) is 1. The Morgan fingerprint density at radius 2 is 1.85 bits per heavy atom. The smallest absolute Gasteiger partial charge is 0.224 e. The highest BCUT2D eigenvalue weighted by atomic mass is 35.5. The van der Waals surface area contributed by atoms with E-state index in [1.54, 1.807) is 24.3 Å². The van der Waals surface area contributed by atoms with Gasteiger partial charge in [-0.3, -0.25) is 4.79 Å². The van der Waals surface area contributed by atoms with Crippen LogP contribution in [0, 0.1) is 0 Å². The van der Waals surface area contributed by atoms with Gasteiger partial charge < -0.3 is 14.8 Å². The molecule has 2 aromatic carbocycles. The molecule has 0 spiro atoms. The number of carbonyl (C=O) groups is 1. The van der Waals surface area contributed by atoms with Crippen molar-refractivity contribution >= 4 is 27.3 Å². The number of ether oxygens (including phenoxy) is 2. The Hall–Kier alpha value is -2.25. The van der Waals surface area contributed by atoms with Gasteiger partial charge in [0.05, 0.1) is 22.4 Å². The molecule has 1 heterocycles. The molecule has 0 saturated heterocycles. The molecule has 0 fully saturated rings. The van der Waals surface area contributed by atoms with Crippen LogP contribution in [0.1, 0.15) is 24.1 Å². The number of benzene rings is 2. The molecule has 144 valence electrons. The van der Waals surface area contributed by atoms with Crippen LogP contribution in [0.15, 0.2) is 41.3 Å². The predicted molar refractivity (Wildman–Crippen MR) is 102 cm³/mol. The number of rotatable bonds is 5. The van der Waals surface area contributed by atoms with Gasteiger partial charge in [-0.05, 0) is 42.3 Å². The third-order valence-corrected chi connectivity index (χ3v) is 5.62. The Morgan fingerprint density at radius 1 is 1.19 bits per heavy atom. The highest BCUT2D eigenvalue weighted by Gasteiger charge is 2.18. The molecule has 6 nitrogen and oxygen atoms in total. The van der Waals surface area contributed by atoms with Crippen LogP contribution < -0.4 is 14.8 Å². The molecular weight excluding hydrogens is 390 g/mol. The fourth-order valence-corrected chi connectivity index (χ4v) is 3.75. The van der Waals surface area contributed by atoms with Crippen molar-refractivity contribution < 1.29 is 22.7 Å². The third-order valence-electron chi connectivity index (χ3n) is 4.21. The molecule has 3 rings (SSSR count). The normalized spacial score (nSPS) is 14.5. The zero-order valence-electron chi connectivity index (χ0n) is 15.0. The minimum atomic E-state index is -3.24. The summed E-state index contributed by atoms with van der Waals surface area (Å²) in [6.45, 7) is 2.73. The van der Waals surface area contributed by atoms with Crippen LogP contribution in [0.4, 0.5) is 0 Å². The van der Waals surface area contributed by atoms with Crippen molar-refractivity contribution in [2.24, 2.45) is 0 Å². The predicted octanol–water partition coefficient (Wildman–Crippen LogP) is 2.93. The molecule has 1 aliphatic rings. The summed E-state index contributed by atoms with van der Waals surface area (Å²) < 4.78 is 34.0. The molecule has 0 aliphatic carbocycles. The molecule has 27 heavy (non-hydrogen) atoms. The van der Waals surface area contributed by atoms with Crippen molar-refractivity contribution in [3.05, 3.63) is 52.5 Å². The SMILES string of the molecule is CC(NC(=O)Cc1cc(Cl)c2c(c1)OCCO2)c1ccc(S(C)(=O)=O)cc1. The monoisotopic (exact) mass is 409 g/mol. The second-order valence-corrected chi connectivity index (χ2v) is 8.83. The summed E-state index contributed by atoms with van der Waals surface area (Å²) in [5, 5.41) is 3.31. The lowest BCUT2D eigenvalue weighted by Gasteiger charge is -2.20. The fraction of sp³-hybridized carbons (Fsp3) is 0.316. The Balaban J connectivity index is 1.66. The van der Waals surface area contributed by atoms with Crippen molar-refractivity contribution in [3.63, 3.8) is 0 Å². The summed E-state index contributed by atoms with van der Waals surface area (Å²) in [6.07, 6.45) is 1.30. The maximum atomic E-state index is 12.4. The van der Waals surface area contributed by atoms with E-state index in [1.165, 1.54) is 12.1 Å². The average molecular weight is 410 g/mol. The van der Waals surface area contributed by atoms with E-state index in [9.17, 15) is 13.2 Å². The van der Waals surface area contributed by atoms with Crippen LogP contribution in [0.2, 0.25) is 5.02 Å². The van der Waals surface area contributed by atoms with Gasteiger partial charge in [0.2, 0.25) is 5.91 Å². The van der Waals surface area contributed by atoms with Gasteiger partial charge in [-0.25, -0.2) is 8.42 Å². The van der Waals surface area contributed by atoms with Gasteiger partial charge in [0, 0.05) is 6.26 Å². The number of halogens is 1. The number of carbonyl (C=O) groups excluding carboxylic acids is 1. The lowest BCUT2D eigenvalue weighted by atomic mass is 10.1. The zero-order valence-corrected chi connectivity index (χ0v) is 16.6. The van der Waals surface area contributed by atoms with Crippen molar-refractivity contribution in [1.29, 1.82) is 0 Å². The number of fused-ring (bicyclic) bond motifs is 1. The first-order valence-electron chi connectivity index (χ1n) is 8.41. The van der Waals surface area contributed by atoms with E-state index in [4.69, 9.17) is 21.1 Å². The highest BCUT2D eigenvalue weighted by molar-refractivity contribution is 7.90. The number of amides is 1. The van der Waals surface area contributed by atoms with E-state index in [0.29, 0.717) is 29.7 Å². The molecule has 0 aromatic heterocycles. The van der Waals surface area contributed by atoms with Gasteiger partial charge in [-0.15, -0.1) is 0 Å². The second-order valence-electron chi connectivity index (χ2n) is 6.41. The van der Waals surface area contributed by atoms with E-state index >= 15 is 0 Å². The molecule has 1 N–H and O–H groups in total. The molecule has 0 saturated carbocycles. The van der Waals surface area contributed by atoms with Crippen molar-refractivity contribution in [2.45, 2.75) is 24.3 Å². The van der Waals surface area contributed by atoms with Crippen LogP contribution in [-0.2, 0) is 21.1 Å². The Kier molecular flexibility index (Phi) is 5.62. The largest absolute Gasteiger partial charge is 0.486 e. The summed E-state index contributed by atoms with van der Waals surface area (Å²) in [6, 6.07) is 9.65. The van der Waals surface area contributed by atoms with E-state index < -0.39 is 9.84 Å². The van der Waals surface area contributed by atoms with Gasteiger partial charge in [0.1, 0.15) is 13.2 Å². The minimum Gasteiger partial charge on any atom is -0.486 e. The van der Waals surface area contributed by atoms with E-state index in [1.807, 2.05) is 6.92 Å². The quantitative estimate of drug-likeness (QED) is 0.821. The van der Waals surface area contributed by atoms with Crippen molar-refractivity contribution in [3.8, 4) is 11.5 Å². The number of sulfone groups is 1. The van der Waals surface area contributed by atoms with Gasteiger partial charge in [-0.2, -0.15) is 0 Å². The van der Waals surface area contributed by atoms with Crippen LogP contribution in [-0.4, -0.2) is 33.8 Å². The van der Waals surface area contributed by atoms with Gasteiger partial charge in [-0.1, -0.05) is 23.7 Å². The lowest BCUT2D eigenvalue weighted by molar-refractivity contribution is -0.121. The van der Waals surface area contributed by atoms with Crippen molar-refractivity contribution in [1.82, 2.24) is 5.32 Å². The van der Waals surface area contributed by atoms with Crippen LogP contribution >= 0.6 is 11.6 Å². The minimum absolute atomic E-state index is 0.141. The first kappa shape index (κ1) is 19.5. The number of hydrogen-bond acceptors (Lipinski definition) is 5. The Bertz CT molecular complexity index is 957. The molecule has 1 unspecified atom stereocenters. The third kappa shape index (κ3) is 4.73. The van der Waals surface area contributed by atoms with E-state index in [2.05, 4.69) is 5.32 Å². The van der Waals surface area contributed by atoms with Crippen LogP contribution in [0.25, 0.3) is 0 Å². The first-order valence-corrected chi connectivity index (χ1v) is 10.7. The molecule has 1 amide bonds. The highest BCUT2D eigenvalue weighted by Crippen LogP contribution is 2.38. The molecule has 1 aliphatic heterocycles. The molecule has 2 aromatic rings. The summed E-state index contributed by atoms with van der Waals surface area (Å²) >= 11 is 6.20. The lowest BCUT2D eigenvalue weighted by Crippen LogP contribution is -2.28. The molecule has 0 radical (unpaired) electrons. The zero-order chi connectivity index (χ0) is 19.6. The standard InChI is InChI=1S/C19H20ClNO5S/c1-12(14-3-5-15(6-4-14)27(2,23)24)21-18(22)11-13-9-16(20)19-17(10-13)25-7-8-26-19/h3-6,9-10,12H,7-8,11H2,1-2H3,(H,21,22). The summed E-state index contributed by atoms with van der Waals surface area (Å²) in [5.41, 5.74) is 1.54. The Labute approximate surface area is 163 Å². The maximum Gasteiger partial charge on any atom is 0.224 e. The van der Waals surface area contributed by atoms with Crippen LogP contribution in [0.5, 0.6) is 11.5 Å². The number of hydrogen-bond donors (Lipinski definition) is 1. The second kappa shape index (κ2) is 7.78. The topological polar surface area (TPSA) is 81.7 Å². The summed E-state index contributed by atoms with van der Waals surface area (Å²) in [5.74, 6) is 0.870. The van der Waals surface area contributed by atoms with E-state index in [0.717, 1.165) is 17.4 Å². The fourth-order valence-electron chi connectivity index (χ4n) is 2.83. The molecule has 8 heteroatoms. The molecule has 1 atom stereocenters. The van der Waals surface area contributed by atoms with Crippen molar-refractivity contribution in [2.75, 3.05) is 19.5 Å². The summed E-state index contributed by atoms with van der Waals surface area (Å²) in [4.78, 5) is 12.6. The van der Waals surface area contributed by atoms with Gasteiger partial charge >= 0.3 is 0 Å². The molecular formula is C19H20ClNO5S. The van der Waals surface area contributed by atoms with Crippen LogP contribution in [0.3, 0.4) is 0 Å². The summed E-state index contributed by atoms with van der Waals surface area (Å²) in [7, 11) is -3.24. The Morgan fingerprint density at radius 3 is 2.52 bits per heavy atom. The van der Waals surface area contributed by atoms with Gasteiger partial charge in [0.25, 0.3) is 0 Å². The maximum absolute atomic E-state index is 12.4.